The van der Waals surface area contributed by atoms with E-state index in [4.69, 9.17) is 4.52 Å². The van der Waals surface area contributed by atoms with Crippen molar-refractivity contribution in [2.45, 2.75) is 51.6 Å². The lowest BCUT2D eigenvalue weighted by Gasteiger charge is -2.20. The Hall–Kier alpha value is -1.43. The maximum Gasteiger partial charge on any atom is 0.240 e. The van der Waals surface area contributed by atoms with Gasteiger partial charge in [0.1, 0.15) is 0 Å². The summed E-state index contributed by atoms with van der Waals surface area (Å²) in [6.45, 7) is 3.61. The largest absolute Gasteiger partial charge is 0.358 e. The first kappa shape index (κ1) is 14.0. The third kappa shape index (κ3) is 3.53. The molecular weight excluding hydrogens is 244 g/mol. The van der Waals surface area contributed by atoms with Crippen molar-refractivity contribution in [1.29, 1.82) is 0 Å². The molecule has 1 fully saturated rings. The fourth-order valence-corrected chi connectivity index (χ4v) is 2.44. The first-order valence-corrected chi connectivity index (χ1v) is 7.01. The van der Waals surface area contributed by atoms with Gasteiger partial charge in [-0.15, -0.1) is 0 Å². The van der Waals surface area contributed by atoms with Crippen LogP contribution in [0.1, 0.15) is 44.3 Å². The van der Waals surface area contributed by atoms with E-state index < -0.39 is 0 Å². The molecule has 1 aromatic rings. The number of amides is 1. The van der Waals surface area contributed by atoms with Crippen molar-refractivity contribution in [3.05, 3.63) is 11.7 Å². The summed E-state index contributed by atoms with van der Waals surface area (Å²) in [4.78, 5) is 18.2. The van der Waals surface area contributed by atoms with Gasteiger partial charge < -0.3 is 9.84 Å². The Morgan fingerprint density at radius 3 is 3.16 bits per heavy atom. The molecular formula is C13H22N4O2. The summed E-state index contributed by atoms with van der Waals surface area (Å²) in [6, 6.07) is -0.0593. The maximum atomic E-state index is 11.7. The van der Waals surface area contributed by atoms with Crippen LogP contribution in [-0.2, 0) is 17.8 Å². The van der Waals surface area contributed by atoms with Crippen LogP contribution in [-0.4, -0.2) is 40.6 Å². The SMILES string of the molecule is CCCCc1noc(CN2CCC[C@H]2C(=O)NC)n1. The number of likely N-dealkylation sites (N-methyl/N-ethyl adjacent to an activating group) is 1. The number of aromatic nitrogens is 2. The van der Waals surface area contributed by atoms with E-state index in [1.54, 1.807) is 7.05 Å². The summed E-state index contributed by atoms with van der Waals surface area (Å²) in [5, 5.41) is 6.68. The average Bonchev–Trinajstić information content (AvgIpc) is 3.05. The third-order valence-electron chi connectivity index (χ3n) is 3.52. The molecule has 1 aliphatic rings. The molecule has 106 valence electrons. The number of unbranched alkanes of at least 4 members (excludes halogenated alkanes) is 1. The molecule has 0 aromatic carbocycles. The minimum Gasteiger partial charge on any atom is -0.358 e. The van der Waals surface area contributed by atoms with Gasteiger partial charge in [0.2, 0.25) is 11.8 Å². The average molecular weight is 266 g/mol. The van der Waals surface area contributed by atoms with E-state index in [0.29, 0.717) is 12.4 Å². The molecule has 0 radical (unpaired) electrons. The zero-order valence-electron chi connectivity index (χ0n) is 11.7. The van der Waals surface area contributed by atoms with Crippen LogP contribution >= 0.6 is 0 Å². The molecule has 19 heavy (non-hydrogen) atoms. The highest BCUT2D eigenvalue weighted by Crippen LogP contribution is 2.19. The van der Waals surface area contributed by atoms with Gasteiger partial charge in [-0.1, -0.05) is 18.5 Å². The van der Waals surface area contributed by atoms with E-state index in [0.717, 1.165) is 44.5 Å². The van der Waals surface area contributed by atoms with Gasteiger partial charge in [-0.05, 0) is 25.8 Å². The van der Waals surface area contributed by atoms with Crippen LogP contribution in [0.4, 0.5) is 0 Å². The van der Waals surface area contributed by atoms with E-state index in [-0.39, 0.29) is 11.9 Å². The second-order valence-electron chi connectivity index (χ2n) is 4.95. The van der Waals surface area contributed by atoms with Crippen molar-refractivity contribution in [1.82, 2.24) is 20.4 Å². The molecule has 2 heterocycles. The van der Waals surface area contributed by atoms with Crippen molar-refractivity contribution in [2.24, 2.45) is 0 Å². The monoisotopic (exact) mass is 266 g/mol. The van der Waals surface area contributed by atoms with Gasteiger partial charge in [0.15, 0.2) is 5.82 Å². The molecule has 0 saturated carbocycles. The number of rotatable bonds is 6. The molecule has 1 N–H and O–H groups in total. The van der Waals surface area contributed by atoms with Gasteiger partial charge in [0.05, 0.1) is 12.6 Å². The summed E-state index contributed by atoms with van der Waals surface area (Å²) < 4.78 is 5.25. The van der Waals surface area contributed by atoms with Crippen LogP contribution in [0.15, 0.2) is 4.52 Å². The first-order chi connectivity index (χ1) is 9.24. The minimum absolute atomic E-state index is 0.0593. The Labute approximate surface area is 113 Å². The van der Waals surface area contributed by atoms with Gasteiger partial charge in [-0.3, -0.25) is 9.69 Å². The van der Waals surface area contributed by atoms with Gasteiger partial charge in [0, 0.05) is 13.5 Å². The van der Waals surface area contributed by atoms with Crippen LogP contribution in [0.3, 0.4) is 0 Å². The maximum absolute atomic E-state index is 11.7. The van der Waals surface area contributed by atoms with Crippen molar-refractivity contribution in [3.63, 3.8) is 0 Å². The number of hydrogen-bond acceptors (Lipinski definition) is 5. The van der Waals surface area contributed by atoms with Crippen LogP contribution in [0.5, 0.6) is 0 Å². The molecule has 1 aromatic heterocycles. The lowest BCUT2D eigenvalue weighted by molar-refractivity contribution is -0.125. The number of carbonyl (C=O) groups excluding carboxylic acids is 1. The van der Waals surface area contributed by atoms with Gasteiger partial charge in [0.25, 0.3) is 0 Å². The molecule has 0 bridgehead atoms. The highest BCUT2D eigenvalue weighted by Gasteiger charge is 2.31. The molecule has 1 amide bonds. The third-order valence-corrected chi connectivity index (χ3v) is 3.52. The lowest BCUT2D eigenvalue weighted by Crippen LogP contribution is -2.41. The molecule has 1 aliphatic heterocycles. The second-order valence-corrected chi connectivity index (χ2v) is 4.95. The Morgan fingerprint density at radius 2 is 2.42 bits per heavy atom. The number of carbonyl (C=O) groups is 1. The molecule has 1 atom stereocenters. The molecule has 1 saturated heterocycles. The number of aryl methyl sites for hydroxylation is 1. The summed E-state index contributed by atoms with van der Waals surface area (Å²) in [7, 11) is 1.67. The van der Waals surface area contributed by atoms with E-state index in [1.807, 2.05) is 0 Å². The standard InChI is InChI=1S/C13H22N4O2/c1-3-4-7-11-15-12(19-16-11)9-17-8-5-6-10(17)13(18)14-2/h10H,3-9H2,1-2H3,(H,14,18)/t10-/m0/s1. The Balaban J connectivity index is 1.92. The smallest absolute Gasteiger partial charge is 0.240 e. The van der Waals surface area contributed by atoms with Crippen molar-refractivity contribution in [3.8, 4) is 0 Å². The molecule has 2 rings (SSSR count). The van der Waals surface area contributed by atoms with E-state index in [1.165, 1.54) is 0 Å². The highest BCUT2D eigenvalue weighted by molar-refractivity contribution is 5.81. The zero-order chi connectivity index (χ0) is 13.7. The van der Waals surface area contributed by atoms with Crippen molar-refractivity contribution >= 4 is 5.91 Å². The predicted octanol–water partition coefficient (Wildman–Crippen LogP) is 1.12. The molecule has 6 nitrogen and oxygen atoms in total. The van der Waals surface area contributed by atoms with E-state index in [9.17, 15) is 4.79 Å². The van der Waals surface area contributed by atoms with Crippen LogP contribution in [0.2, 0.25) is 0 Å². The van der Waals surface area contributed by atoms with E-state index >= 15 is 0 Å². The fourth-order valence-electron chi connectivity index (χ4n) is 2.44. The predicted molar refractivity (Wildman–Crippen MR) is 70.4 cm³/mol. The van der Waals surface area contributed by atoms with Crippen LogP contribution in [0.25, 0.3) is 0 Å². The van der Waals surface area contributed by atoms with Gasteiger partial charge in [-0.25, -0.2) is 0 Å². The van der Waals surface area contributed by atoms with Crippen molar-refractivity contribution < 1.29 is 9.32 Å². The molecule has 0 aliphatic carbocycles. The van der Waals surface area contributed by atoms with Crippen molar-refractivity contribution in [2.75, 3.05) is 13.6 Å². The second kappa shape index (κ2) is 6.65. The number of hydrogen-bond donors (Lipinski definition) is 1. The number of nitrogens with zero attached hydrogens (tertiary/aromatic N) is 3. The summed E-state index contributed by atoms with van der Waals surface area (Å²) in [6.07, 6.45) is 4.99. The fraction of sp³-hybridized carbons (Fsp3) is 0.769. The van der Waals surface area contributed by atoms with Gasteiger partial charge in [-0.2, -0.15) is 4.98 Å². The molecule has 0 spiro atoms. The highest BCUT2D eigenvalue weighted by atomic mass is 16.5. The Bertz CT molecular complexity index is 419. The van der Waals surface area contributed by atoms with Crippen LogP contribution < -0.4 is 5.32 Å². The lowest BCUT2D eigenvalue weighted by atomic mass is 10.2. The minimum atomic E-state index is -0.0593. The Kier molecular flexibility index (Phi) is 4.90. The molecule has 0 unspecified atom stereocenters. The van der Waals surface area contributed by atoms with Gasteiger partial charge >= 0.3 is 0 Å². The number of likely N-dealkylation sites (tertiary alicyclic amines) is 1. The zero-order valence-corrected chi connectivity index (χ0v) is 11.7. The summed E-state index contributed by atoms with van der Waals surface area (Å²) >= 11 is 0. The topological polar surface area (TPSA) is 71.3 Å². The van der Waals surface area contributed by atoms with Crippen LogP contribution in [0, 0.1) is 0 Å². The Morgan fingerprint density at radius 1 is 1.58 bits per heavy atom. The quantitative estimate of drug-likeness (QED) is 0.835. The summed E-state index contributed by atoms with van der Waals surface area (Å²) in [5.74, 6) is 1.46. The summed E-state index contributed by atoms with van der Waals surface area (Å²) in [5.41, 5.74) is 0. The number of nitrogens with one attached hydrogen (secondary N) is 1. The molecule has 6 heteroatoms. The van der Waals surface area contributed by atoms with E-state index in [2.05, 4.69) is 27.3 Å². The first-order valence-electron chi connectivity index (χ1n) is 7.01. The normalized spacial score (nSPS) is 19.8.